The quantitative estimate of drug-likeness (QED) is 0.455. The third kappa shape index (κ3) is 3.21. The summed E-state index contributed by atoms with van der Waals surface area (Å²) < 4.78 is 0. The number of rotatable bonds is 3. The maximum absolute atomic E-state index is 12.7. The minimum atomic E-state index is -0.675. The number of phenolic OH excluding ortho intramolecular Hbond substituents is 1. The first kappa shape index (κ1) is 17.5. The van der Waals surface area contributed by atoms with E-state index in [2.05, 4.69) is 47.0 Å². The molecule has 0 aliphatic carbocycles. The number of hydrogen-bond donors (Lipinski definition) is 3. The molecule has 0 spiro atoms. The fourth-order valence-corrected chi connectivity index (χ4v) is 3.46. The molecule has 21 heavy (non-hydrogen) atoms. The van der Waals surface area contributed by atoms with Gasteiger partial charge in [0.2, 0.25) is 5.91 Å². The fraction of sp³-hybridized carbons (Fsp3) is 0.588. The Bertz CT molecular complexity index is 479. The Morgan fingerprint density at radius 2 is 1.48 bits per heavy atom. The SMILES string of the molecule is CC(C)(C)C(Cc1ccc(O)cc1)(C(=O)NN)C(C)(C)C. The molecule has 0 saturated heterocycles. The lowest BCUT2D eigenvalue weighted by atomic mass is 9.51. The Labute approximate surface area is 127 Å². The average Bonchev–Trinajstić information content (AvgIpc) is 2.34. The van der Waals surface area contributed by atoms with Crippen molar-refractivity contribution in [1.82, 2.24) is 5.43 Å². The molecular formula is C17H28N2O2. The number of phenols is 1. The third-order valence-corrected chi connectivity index (χ3v) is 4.49. The highest BCUT2D eigenvalue weighted by atomic mass is 16.3. The van der Waals surface area contributed by atoms with Crippen LogP contribution in [0.25, 0.3) is 0 Å². The monoisotopic (exact) mass is 292 g/mol. The van der Waals surface area contributed by atoms with Crippen molar-refractivity contribution in [1.29, 1.82) is 0 Å². The summed E-state index contributed by atoms with van der Waals surface area (Å²) >= 11 is 0. The number of carbonyl (C=O) groups is 1. The van der Waals surface area contributed by atoms with Crippen molar-refractivity contribution in [3.8, 4) is 5.75 Å². The zero-order valence-electron chi connectivity index (χ0n) is 13.9. The Hall–Kier alpha value is -1.55. The van der Waals surface area contributed by atoms with Crippen LogP contribution in [0, 0.1) is 16.2 Å². The summed E-state index contributed by atoms with van der Waals surface area (Å²) in [4.78, 5) is 12.7. The minimum Gasteiger partial charge on any atom is -0.508 e. The maximum Gasteiger partial charge on any atom is 0.241 e. The Morgan fingerprint density at radius 1 is 1.05 bits per heavy atom. The lowest BCUT2D eigenvalue weighted by Crippen LogP contribution is -2.59. The summed E-state index contributed by atoms with van der Waals surface area (Å²) in [6, 6.07) is 6.99. The van der Waals surface area contributed by atoms with Crippen LogP contribution in [0.4, 0.5) is 0 Å². The summed E-state index contributed by atoms with van der Waals surface area (Å²) in [6.07, 6.45) is 0.559. The molecule has 118 valence electrons. The predicted octanol–water partition coefficient (Wildman–Crippen LogP) is 3.00. The Kier molecular flexibility index (Phi) is 4.73. The van der Waals surface area contributed by atoms with Gasteiger partial charge in [0.05, 0.1) is 5.41 Å². The smallest absolute Gasteiger partial charge is 0.241 e. The van der Waals surface area contributed by atoms with Gasteiger partial charge in [-0.05, 0) is 34.9 Å². The molecule has 0 unspecified atom stereocenters. The molecule has 0 fully saturated rings. The minimum absolute atomic E-state index is 0.157. The van der Waals surface area contributed by atoms with Crippen LogP contribution in [-0.4, -0.2) is 11.0 Å². The molecule has 0 bridgehead atoms. The number of hydrogen-bond acceptors (Lipinski definition) is 3. The van der Waals surface area contributed by atoms with Gasteiger partial charge >= 0.3 is 0 Å². The molecule has 0 aliphatic heterocycles. The summed E-state index contributed by atoms with van der Waals surface area (Å²) in [7, 11) is 0. The first-order chi connectivity index (χ1) is 9.45. The molecule has 4 N–H and O–H groups in total. The lowest BCUT2D eigenvalue weighted by Gasteiger charge is -2.52. The van der Waals surface area contributed by atoms with Crippen molar-refractivity contribution in [2.45, 2.75) is 48.0 Å². The molecule has 4 heteroatoms. The molecule has 1 aromatic rings. The van der Waals surface area contributed by atoms with Crippen LogP contribution < -0.4 is 11.3 Å². The molecule has 1 rings (SSSR count). The third-order valence-electron chi connectivity index (χ3n) is 4.49. The molecule has 0 heterocycles. The number of nitrogens with one attached hydrogen (secondary N) is 1. The molecule has 4 nitrogen and oxygen atoms in total. The zero-order valence-corrected chi connectivity index (χ0v) is 13.9. The van der Waals surface area contributed by atoms with Crippen molar-refractivity contribution >= 4 is 5.91 Å². The van der Waals surface area contributed by atoms with Gasteiger partial charge in [-0.15, -0.1) is 0 Å². The Morgan fingerprint density at radius 3 is 1.81 bits per heavy atom. The van der Waals surface area contributed by atoms with Gasteiger partial charge in [0.1, 0.15) is 5.75 Å². The molecular weight excluding hydrogens is 264 g/mol. The maximum atomic E-state index is 12.7. The second kappa shape index (κ2) is 5.68. The van der Waals surface area contributed by atoms with Crippen LogP contribution in [-0.2, 0) is 11.2 Å². The molecule has 0 radical (unpaired) electrons. The van der Waals surface area contributed by atoms with Crippen LogP contribution in [0.2, 0.25) is 0 Å². The number of hydrazine groups is 1. The Balaban J connectivity index is 3.43. The summed E-state index contributed by atoms with van der Waals surface area (Å²) in [5.74, 6) is 5.55. The van der Waals surface area contributed by atoms with Crippen LogP contribution >= 0.6 is 0 Å². The number of aromatic hydroxyl groups is 1. The van der Waals surface area contributed by atoms with E-state index in [0.717, 1.165) is 5.56 Å². The van der Waals surface area contributed by atoms with Gasteiger partial charge in [-0.2, -0.15) is 0 Å². The van der Waals surface area contributed by atoms with E-state index in [1.54, 1.807) is 12.1 Å². The van der Waals surface area contributed by atoms with Gasteiger partial charge in [0.25, 0.3) is 0 Å². The van der Waals surface area contributed by atoms with E-state index in [1.165, 1.54) is 0 Å². The molecule has 0 aliphatic rings. The van der Waals surface area contributed by atoms with E-state index in [0.29, 0.717) is 6.42 Å². The highest BCUT2D eigenvalue weighted by Crippen LogP contribution is 2.53. The van der Waals surface area contributed by atoms with E-state index in [9.17, 15) is 9.90 Å². The van der Waals surface area contributed by atoms with Crippen LogP contribution in [0.5, 0.6) is 5.75 Å². The molecule has 0 saturated carbocycles. The van der Waals surface area contributed by atoms with E-state index >= 15 is 0 Å². The predicted molar refractivity (Wildman–Crippen MR) is 85.5 cm³/mol. The lowest BCUT2D eigenvalue weighted by molar-refractivity contribution is -0.149. The van der Waals surface area contributed by atoms with Gasteiger partial charge in [-0.1, -0.05) is 53.7 Å². The van der Waals surface area contributed by atoms with Gasteiger partial charge in [-0.25, -0.2) is 5.84 Å². The van der Waals surface area contributed by atoms with Crippen molar-refractivity contribution in [3.63, 3.8) is 0 Å². The first-order valence-electron chi connectivity index (χ1n) is 7.24. The molecule has 1 aromatic carbocycles. The second-order valence-electron chi connectivity index (χ2n) is 7.72. The molecule has 1 amide bonds. The number of carbonyl (C=O) groups excluding carboxylic acids is 1. The molecule has 0 aromatic heterocycles. The van der Waals surface area contributed by atoms with Gasteiger partial charge in [0, 0.05) is 0 Å². The average molecular weight is 292 g/mol. The standard InChI is InChI=1S/C17H28N2O2/c1-15(2,3)17(14(21)19-18,16(4,5)6)11-12-7-9-13(20)10-8-12/h7-10,20H,11,18H2,1-6H3,(H,19,21). The van der Waals surface area contributed by atoms with E-state index < -0.39 is 5.41 Å². The largest absolute Gasteiger partial charge is 0.508 e. The fourth-order valence-electron chi connectivity index (χ4n) is 3.46. The number of benzene rings is 1. The van der Waals surface area contributed by atoms with Crippen LogP contribution in [0.3, 0.4) is 0 Å². The number of amides is 1. The second-order valence-corrected chi connectivity index (χ2v) is 7.72. The van der Waals surface area contributed by atoms with Gasteiger partial charge in [0.15, 0.2) is 0 Å². The summed E-state index contributed by atoms with van der Waals surface area (Å²) in [6.45, 7) is 12.4. The molecule has 0 atom stereocenters. The van der Waals surface area contributed by atoms with Gasteiger partial charge in [-0.3, -0.25) is 10.2 Å². The topological polar surface area (TPSA) is 75.3 Å². The van der Waals surface area contributed by atoms with Crippen molar-refractivity contribution in [2.75, 3.05) is 0 Å². The highest BCUT2D eigenvalue weighted by Gasteiger charge is 2.55. The van der Waals surface area contributed by atoms with Crippen molar-refractivity contribution < 1.29 is 9.90 Å². The summed E-state index contributed by atoms with van der Waals surface area (Å²) in [5.41, 5.74) is 2.12. The van der Waals surface area contributed by atoms with E-state index in [-0.39, 0.29) is 22.5 Å². The van der Waals surface area contributed by atoms with Gasteiger partial charge < -0.3 is 5.11 Å². The summed E-state index contributed by atoms with van der Waals surface area (Å²) in [5, 5.41) is 9.43. The van der Waals surface area contributed by atoms with E-state index in [1.807, 2.05) is 12.1 Å². The van der Waals surface area contributed by atoms with Crippen LogP contribution in [0.1, 0.15) is 47.1 Å². The normalized spacial score (nSPS) is 13.1. The first-order valence-corrected chi connectivity index (χ1v) is 7.24. The van der Waals surface area contributed by atoms with Crippen LogP contribution in [0.15, 0.2) is 24.3 Å². The van der Waals surface area contributed by atoms with Crippen molar-refractivity contribution in [2.24, 2.45) is 22.1 Å². The highest BCUT2D eigenvalue weighted by molar-refractivity contribution is 5.84. The van der Waals surface area contributed by atoms with Crippen molar-refractivity contribution in [3.05, 3.63) is 29.8 Å². The van der Waals surface area contributed by atoms with E-state index in [4.69, 9.17) is 5.84 Å². The number of nitrogens with two attached hydrogens (primary N) is 1. The zero-order chi connectivity index (χ0) is 16.5.